The van der Waals surface area contributed by atoms with Gasteiger partial charge in [0, 0.05) is 49.1 Å². The van der Waals surface area contributed by atoms with Crippen LogP contribution in [0.15, 0.2) is 12.1 Å². The zero-order valence-corrected chi connectivity index (χ0v) is 20.3. The highest BCUT2D eigenvalue weighted by Crippen LogP contribution is 2.37. The first kappa shape index (κ1) is 22.4. The molecule has 0 radical (unpaired) electrons. The molecule has 0 bridgehead atoms. The number of pyridine rings is 1. The largest absolute Gasteiger partial charge is 0.377 e. The summed E-state index contributed by atoms with van der Waals surface area (Å²) in [5.74, 6) is 0.565. The summed E-state index contributed by atoms with van der Waals surface area (Å²) < 4.78 is 6.04. The van der Waals surface area contributed by atoms with Crippen molar-refractivity contribution in [1.29, 1.82) is 0 Å². The summed E-state index contributed by atoms with van der Waals surface area (Å²) in [4.78, 5) is 40.3. The second-order valence-electron chi connectivity index (χ2n) is 9.55. The maximum Gasteiger partial charge on any atom is 0.255 e. The standard InChI is InChI=1S/C24H31N5O3S/c1-14-4-5-17(15(2)25-14)23(31)29-9-6-18-16(11-29)13-32-20(18)10-22(30)27-24-26-19-7-8-28(3)12-21(19)33-24/h4-5,16,18,20H,6-13H2,1-3H3,(H,26,27,30)/t16-,18+,20+/m1/s1. The molecule has 2 aromatic heterocycles. The molecule has 0 saturated carbocycles. The minimum atomic E-state index is -0.101. The molecule has 2 saturated heterocycles. The molecule has 3 atom stereocenters. The summed E-state index contributed by atoms with van der Waals surface area (Å²) in [5, 5.41) is 3.69. The molecular formula is C24H31N5O3S. The highest BCUT2D eigenvalue weighted by atomic mass is 32.1. The summed E-state index contributed by atoms with van der Waals surface area (Å²) in [5.41, 5.74) is 3.47. The Kier molecular flexibility index (Phi) is 6.20. The van der Waals surface area contributed by atoms with E-state index in [1.54, 1.807) is 11.3 Å². The number of nitrogens with zero attached hydrogens (tertiary/aromatic N) is 4. The van der Waals surface area contributed by atoms with Crippen molar-refractivity contribution in [3.63, 3.8) is 0 Å². The summed E-state index contributed by atoms with van der Waals surface area (Å²) in [6, 6.07) is 3.76. The van der Waals surface area contributed by atoms with Crippen LogP contribution in [0, 0.1) is 25.7 Å². The summed E-state index contributed by atoms with van der Waals surface area (Å²) in [6.45, 7) is 7.66. The third-order valence-electron chi connectivity index (χ3n) is 7.09. The maximum absolute atomic E-state index is 13.1. The highest BCUT2D eigenvalue weighted by molar-refractivity contribution is 7.15. The molecule has 3 aliphatic heterocycles. The minimum absolute atomic E-state index is 0.0398. The molecule has 33 heavy (non-hydrogen) atoms. The van der Waals surface area contributed by atoms with Crippen LogP contribution in [-0.4, -0.2) is 71.0 Å². The maximum atomic E-state index is 13.1. The van der Waals surface area contributed by atoms with Crippen LogP contribution in [0.4, 0.5) is 5.13 Å². The van der Waals surface area contributed by atoms with E-state index in [0.29, 0.717) is 42.7 Å². The summed E-state index contributed by atoms with van der Waals surface area (Å²) >= 11 is 1.58. The van der Waals surface area contributed by atoms with Crippen LogP contribution in [0.3, 0.4) is 0 Å². The number of likely N-dealkylation sites (tertiary alicyclic amines) is 1. The van der Waals surface area contributed by atoms with Gasteiger partial charge in [-0.3, -0.25) is 14.6 Å². The number of likely N-dealkylation sites (N-methyl/N-ethyl adjacent to an activating group) is 1. The number of ether oxygens (including phenoxy) is 1. The Morgan fingerprint density at radius 3 is 2.91 bits per heavy atom. The molecule has 3 aliphatic rings. The van der Waals surface area contributed by atoms with Gasteiger partial charge < -0.3 is 19.9 Å². The number of thiazole rings is 1. The number of amides is 2. The van der Waals surface area contributed by atoms with Crippen LogP contribution in [-0.2, 0) is 22.5 Å². The molecule has 0 spiro atoms. The van der Waals surface area contributed by atoms with Crippen molar-refractivity contribution in [3.05, 3.63) is 39.7 Å². The number of piperidine rings is 1. The molecule has 9 heteroatoms. The molecule has 5 heterocycles. The number of aryl methyl sites for hydroxylation is 2. The quantitative estimate of drug-likeness (QED) is 0.741. The first-order chi connectivity index (χ1) is 15.9. The lowest BCUT2D eigenvalue weighted by Gasteiger charge is -2.35. The van der Waals surface area contributed by atoms with Crippen molar-refractivity contribution in [1.82, 2.24) is 19.8 Å². The van der Waals surface area contributed by atoms with Crippen LogP contribution in [0.2, 0.25) is 0 Å². The zero-order valence-electron chi connectivity index (χ0n) is 19.5. The number of fused-ring (bicyclic) bond motifs is 2. The van der Waals surface area contributed by atoms with Gasteiger partial charge >= 0.3 is 0 Å². The minimum Gasteiger partial charge on any atom is -0.377 e. The van der Waals surface area contributed by atoms with Gasteiger partial charge in [-0.05, 0) is 45.4 Å². The Balaban J connectivity index is 1.16. The molecule has 0 aliphatic carbocycles. The molecule has 2 fully saturated rings. The lowest BCUT2D eigenvalue weighted by Crippen LogP contribution is -2.45. The van der Waals surface area contributed by atoms with Crippen molar-refractivity contribution >= 4 is 28.3 Å². The normalized spacial score (nSPS) is 24.9. The van der Waals surface area contributed by atoms with Crippen LogP contribution in [0.25, 0.3) is 0 Å². The van der Waals surface area contributed by atoms with Gasteiger partial charge in [0.15, 0.2) is 5.13 Å². The van der Waals surface area contributed by atoms with E-state index in [0.717, 1.165) is 43.0 Å². The lowest BCUT2D eigenvalue weighted by atomic mass is 9.83. The Bertz CT molecular complexity index is 1070. The molecule has 0 aromatic carbocycles. The van der Waals surface area contributed by atoms with Gasteiger partial charge in [0.1, 0.15) is 0 Å². The number of hydrogen-bond donors (Lipinski definition) is 1. The first-order valence-corrected chi connectivity index (χ1v) is 12.5. The number of anilines is 1. The zero-order chi connectivity index (χ0) is 23.1. The van der Waals surface area contributed by atoms with E-state index in [1.165, 1.54) is 4.88 Å². The Morgan fingerprint density at radius 2 is 2.09 bits per heavy atom. The fourth-order valence-corrected chi connectivity index (χ4v) is 6.40. The molecule has 5 rings (SSSR count). The van der Waals surface area contributed by atoms with Crippen molar-refractivity contribution in [3.8, 4) is 0 Å². The van der Waals surface area contributed by atoms with Crippen LogP contribution in [0.1, 0.15) is 45.2 Å². The second kappa shape index (κ2) is 9.12. The number of carbonyl (C=O) groups excluding carboxylic acids is 2. The average Bonchev–Trinajstić information content (AvgIpc) is 3.35. The summed E-state index contributed by atoms with van der Waals surface area (Å²) in [6.07, 6.45) is 2.02. The Morgan fingerprint density at radius 1 is 1.24 bits per heavy atom. The van der Waals surface area contributed by atoms with Gasteiger partial charge in [0.2, 0.25) is 5.91 Å². The van der Waals surface area contributed by atoms with Crippen molar-refractivity contribution in [2.24, 2.45) is 11.8 Å². The summed E-state index contributed by atoms with van der Waals surface area (Å²) in [7, 11) is 2.10. The molecule has 0 unspecified atom stereocenters. The second-order valence-corrected chi connectivity index (χ2v) is 10.6. The van der Waals surface area contributed by atoms with Gasteiger partial charge in [-0.1, -0.05) is 0 Å². The van der Waals surface area contributed by atoms with E-state index >= 15 is 0 Å². The predicted molar refractivity (Wildman–Crippen MR) is 126 cm³/mol. The number of nitrogens with one attached hydrogen (secondary N) is 1. The molecule has 176 valence electrons. The monoisotopic (exact) mass is 469 g/mol. The Hall–Kier alpha value is -2.36. The van der Waals surface area contributed by atoms with Gasteiger partial charge in [-0.15, -0.1) is 11.3 Å². The van der Waals surface area contributed by atoms with Gasteiger partial charge in [-0.2, -0.15) is 0 Å². The number of carbonyl (C=O) groups is 2. The van der Waals surface area contributed by atoms with Gasteiger partial charge in [0.25, 0.3) is 5.91 Å². The number of aromatic nitrogens is 2. The third-order valence-corrected chi connectivity index (χ3v) is 8.09. The van der Waals surface area contributed by atoms with E-state index in [1.807, 2.05) is 30.9 Å². The van der Waals surface area contributed by atoms with E-state index < -0.39 is 0 Å². The van der Waals surface area contributed by atoms with Gasteiger partial charge in [-0.25, -0.2) is 4.98 Å². The topological polar surface area (TPSA) is 87.7 Å². The smallest absolute Gasteiger partial charge is 0.255 e. The SMILES string of the molecule is Cc1ccc(C(=O)N2CC[C@H]3[C@@H](CO[C@H]3CC(=O)Nc3nc4c(s3)CN(C)CC4)C2)c(C)n1. The lowest BCUT2D eigenvalue weighted by molar-refractivity contribution is -0.118. The van der Waals surface area contributed by atoms with Crippen LogP contribution in [0.5, 0.6) is 0 Å². The van der Waals surface area contributed by atoms with E-state index in [2.05, 4.69) is 27.2 Å². The first-order valence-electron chi connectivity index (χ1n) is 11.7. The Labute approximate surface area is 198 Å². The van der Waals surface area contributed by atoms with Crippen LogP contribution < -0.4 is 5.32 Å². The van der Waals surface area contributed by atoms with Crippen molar-refractivity contribution in [2.45, 2.75) is 45.8 Å². The van der Waals surface area contributed by atoms with Crippen LogP contribution >= 0.6 is 11.3 Å². The molecule has 2 aromatic rings. The predicted octanol–water partition coefficient (Wildman–Crippen LogP) is 2.65. The number of rotatable bonds is 4. The fraction of sp³-hybridized carbons (Fsp3) is 0.583. The number of hydrogen-bond acceptors (Lipinski definition) is 7. The molecule has 2 amide bonds. The fourth-order valence-electron chi connectivity index (χ4n) is 5.29. The van der Waals surface area contributed by atoms with Crippen molar-refractivity contribution < 1.29 is 14.3 Å². The van der Waals surface area contributed by atoms with Crippen molar-refractivity contribution in [2.75, 3.05) is 38.6 Å². The van der Waals surface area contributed by atoms with E-state index in [-0.39, 0.29) is 23.8 Å². The highest BCUT2D eigenvalue weighted by Gasteiger charge is 2.42. The van der Waals surface area contributed by atoms with E-state index in [4.69, 9.17) is 4.74 Å². The van der Waals surface area contributed by atoms with Gasteiger partial charge in [0.05, 0.1) is 36.1 Å². The van der Waals surface area contributed by atoms with E-state index in [9.17, 15) is 9.59 Å². The molecule has 8 nitrogen and oxygen atoms in total. The molecule has 1 N–H and O–H groups in total. The third kappa shape index (κ3) is 4.67. The molecular weight excluding hydrogens is 438 g/mol. The average molecular weight is 470 g/mol.